The number of hydrogen-bond acceptors (Lipinski definition) is 2. The second-order valence-electron chi connectivity index (χ2n) is 8.50. The Balaban J connectivity index is 2.07. The molecule has 0 heterocycles. The van der Waals surface area contributed by atoms with Crippen molar-refractivity contribution < 1.29 is 9.90 Å². The number of rotatable bonds is 4. The van der Waals surface area contributed by atoms with Crippen LogP contribution in [0.25, 0.3) is 5.57 Å². The van der Waals surface area contributed by atoms with E-state index in [-0.39, 0.29) is 5.41 Å². The molecule has 3 heteroatoms. The molecular formula is C24H29NO2. The van der Waals surface area contributed by atoms with Crippen LogP contribution in [0, 0.1) is 12.8 Å². The van der Waals surface area contributed by atoms with E-state index in [0.29, 0.717) is 11.5 Å². The summed E-state index contributed by atoms with van der Waals surface area (Å²) >= 11 is 0. The minimum absolute atomic E-state index is 0.101. The van der Waals surface area contributed by atoms with Gasteiger partial charge in [0.2, 0.25) is 0 Å². The van der Waals surface area contributed by atoms with Gasteiger partial charge in [-0.2, -0.15) is 0 Å². The van der Waals surface area contributed by atoms with E-state index >= 15 is 0 Å². The molecule has 0 radical (unpaired) electrons. The van der Waals surface area contributed by atoms with Crippen LogP contribution in [-0.2, 0) is 5.41 Å². The highest BCUT2D eigenvalue weighted by atomic mass is 16.4. The third-order valence-electron chi connectivity index (χ3n) is 5.69. The van der Waals surface area contributed by atoms with Crippen LogP contribution in [0.2, 0.25) is 0 Å². The third-order valence-corrected chi connectivity index (χ3v) is 5.69. The highest BCUT2D eigenvalue weighted by molar-refractivity contribution is 5.88. The van der Waals surface area contributed by atoms with Gasteiger partial charge in [-0.3, -0.25) is 0 Å². The molecule has 0 unspecified atom stereocenters. The minimum atomic E-state index is -0.899. The Kier molecular flexibility index (Phi) is 4.90. The lowest BCUT2D eigenvalue weighted by Gasteiger charge is -2.35. The van der Waals surface area contributed by atoms with E-state index < -0.39 is 5.97 Å². The maximum Gasteiger partial charge on any atom is 0.335 e. The first kappa shape index (κ1) is 19.2. The van der Waals surface area contributed by atoms with E-state index in [1.165, 1.54) is 22.3 Å². The molecule has 0 bridgehead atoms. The van der Waals surface area contributed by atoms with E-state index in [2.05, 4.69) is 57.7 Å². The van der Waals surface area contributed by atoms with Gasteiger partial charge in [-0.1, -0.05) is 33.8 Å². The van der Waals surface area contributed by atoms with Crippen molar-refractivity contribution in [3.63, 3.8) is 0 Å². The molecule has 0 aromatic heterocycles. The number of allylic oxidation sites excluding steroid dienone is 2. The minimum Gasteiger partial charge on any atom is -0.478 e. The average Bonchev–Trinajstić information content (AvgIpc) is 2.60. The molecule has 27 heavy (non-hydrogen) atoms. The van der Waals surface area contributed by atoms with Crippen molar-refractivity contribution in [1.82, 2.24) is 0 Å². The lowest BCUT2D eigenvalue weighted by Crippen LogP contribution is -2.24. The van der Waals surface area contributed by atoms with Crippen LogP contribution in [0.3, 0.4) is 0 Å². The summed E-state index contributed by atoms with van der Waals surface area (Å²) < 4.78 is 0. The molecule has 0 saturated carbocycles. The lowest BCUT2D eigenvalue weighted by atomic mass is 9.71. The number of carbonyl (C=O) groups is 1. The van der Waals surface area contributed by atoms with Crippen LogP contribution >= 0.6 is 0 Å². The van der Waals surface area contributed by atoms with Crippen molar-refractivity contribution in [2.75, 3.05) is 11.9 Å². The Morgan fingerprint density at radius 3 is 2.33 bits per heavy atom. The molecule has 1 N–H and O–H groups in total. The zero-order valence-electron chi connectivity index (χ0n) is 17.1. The molecule has 142 valence electrons. The second kappa shape index (κ2) is 6.88. The molecule has 0 amide bonds. The van der Waals surface area contributed by atoms with Crippen LogP contribution in [0.15, 0.2) is 42.5 Å². The molecule has 2 aromatic carbocycles. The summed E-state index contributed by atoms with van der Waals surface area (Å²) in [5.74, 6) is -0.393. The van der Waals surface area contributed by atoms with Crippen LogP contribution in [0.4, 0.5) is 11.4 Å². The summed E-state index contributed by atoms with van der Waals surface area (Å²) in [5.41, 5.74) is 7.98. The summed E-state index contributed by atoms with van der Waals surface area (Å²) in [5, 5.41) is 9.12. The van der Waals surface area contributed by atoms with Crippen molar-refractivity contribution in [2.45, 2.75) is 46.5 Å². The summed E-state index contributed by atoms with van der Waals surface area (Å²) in [4.78, 5) is 13.2. The highest BCUT2D eigenvalue weighted by Gasteiger charge is 2.30. The number of hydrogen-bond donors (Lipinski definition) is 1. The molecule has 0 fully saturated rings. The molecule has 1 aliphatic carbocycles. The summed E-state index contributed by atoms with van der Waals surface area (Å²) in [7, 11) is 2.04. The topological polar surface area (TPSA) is 40.5 Å². The van der Waals surface area contributed by atoms with Crippen LogP contribution < -0.4 is 4.90 Å². The Hall–Kier alpha value is -2.55. The van der Waals surface area contributed by atoms with Crippen molar-refractivity contribution >= 4 is 22.9 Å². The highest BCUT2D eigenvalue weighted by Crippen LogP contribution is 2.44. The Bertz CT molecular complexity index is 905. The monoisotopic (exact) mass is 363 g/mol. The molecule has 0 saturated heterocycles. The fourth-order valence-electron chi connectivity index (χ4n) is 3.96. The first-order valence-electron chi connectivity index (χ1n) is 9.54. The molecule has 0 atom stereocenters. The normalized spacial score (nSPS) is 15.3. The number of aromatic carboxylic acids is 1. The van der Waals surface area contributed by atoms with Gasteiger partial charge in [0.1, 0.15) is 0 Å². The molecular weight excluding hydrogens is 334 g/mol. The maximum atomic E-state index is 11.1. The number of fused-ring (bicyclic) bond motifs is 1. The van der Waals surface area contributed by atoms with Crippen LogP contribution in [-0.4, -0.2) is 18.1 Å². The molecule has 0 spiro atoms. The van der Waals surface area contributed by atoms with Gasteiger partial charge in [-0.05, 0) is 83.3 Å². The number of nitrogens with zero attached hydrogens (tertiary/aromatic N) is 1. The van der Waals surface area contributed by atoms with E-state index in [1.54, 1.807) is 12.1 Å². The molecule has 2 aromatic rings. The molecule has 0 aliphatic heterocycles. The van der Waals surface area contributed by atoms with E-state index in [1.807, 2.05) is 19.2 Å². The predicted octanol–water partition coefficient (Wildman–Crippen LogP) is 6.18. The summed E-state index contributed by atoms with van der Waals surface area (Å²) in [6.45, 7) is 11.3. The van der Waals surface area contributed by atoms with Gasteiger partial charge in [0.15, 0.2) is 0 Å². The van der Waals surface area contributed by atoms with Crippen molar-refractivity contribution in [1.29, 1.82) is 0 Å². The van der Waals surface area contributed by atoms with Crippen molar-refractivity contribution in [3.05, 3.63) is 64.7 Å². The van der Waals surface area contributed by atoms with Crippen molar-refractivity contribution in [2.24, 2.45) is 5.92 Å². The van der Waals surface area contributed by atoms with Gasteiger partial charge in [0, 0.05) is 18.4 Å². The summed E-state index contributed by atoms with van der Waals surface area (Å²) in [6, 6.07) is 11.7. The van der Waals surface area contributed by atoms with Crippen molar-refractivity contribution in [3.8, 4) is 0 Å². The quantitative estimate of drug-likeness (QED) is 0.705. The SMILES string of the molecule is Cc1cc2c(cc1N(C)c1ccc(C(=O)O)cc1)C(C)(C)CC=C2C(C)C. The van der Waals surface area contributed by atoms with Crippen LogP contribution in [0.1, 0.15) is 61.2 Å². The summed E-state index contributed by atoms with van der Waals surface area (Å²) in [6.07, 6.45) is 3.45. The zero-order chi connectivity index (χ0) is 19.9. The second-order valence-corrected chi connectivity index (χ2v) is 8.50. The zero-order valence-corrected chi connectivity index (χ0v) is 17.1. The number of carboxylic acids is 1. The van der Waals surface area contributed by atoms with Gasteiger partial charge in [-0.15, -0.1) is 0 Å². The van der Waals surface area contributed by atoms with Gasteiger partial charge in [0.05, 0.1) is 5.56 Å². The lowest BCUT2D eigenvalue weighted by molar-refractivity contribution is 0.0697. The fraction of sp³-hybridized carbons (Fsp3) is 0.375. The standard InChI is InChI=1S/C24H29NO2/c1-15(2)19-11-12-24(4,5)21-14-22(16(3)13-20(19)21)25(6)18-9-7-17(8-10-18)23(26)27/h7-11,13-15H,12H2,1-6H3,(H,26,27). The smallest absolute Gasteiger partial charge is 0.335 e. The van der Waals surface area contributed by atoms with E-state index in [9.17, 15) is 4.79 Å². The van der Waals surface area contributed by atoms with E-state index in [0.717, 1.165) is 17.8 Å². The van der Waals surface area contributed by atoms with E-state index in [4.69, 9.17) is 5.11 Å². The van der Waals surface area contributed by atoms with Gasteiger partial charge in [0.25, 0.3) is 0 Å². The molecule has 1 aliphatic rings. The third kappa shape index (κ3) is 3.51. The Morgan fingerprint density at radius 1 is 1.15 bits per heavy atom. The van der Waals surface area contributed by atoms with Crippen LogP contribution in [0.5, 0.6) is 0 Å². The predicted molar refractivity (Wildman–Crippen MR) is 113 cm³/mol. The number of carboxylic acid groups (broad SMARTS) is 1. The number of anilines is 2. The fourth-order valence-corrected chi connectivity index (χ4v) is 3.96. The first-order chi connectivity index (χ1) is 12.6. The number of benzene rings is 2. The molecule has 3 nitrogen and oxygen atoms in total. The molecule has 3 rings (SSSR count). The number of aryl methyl sites for hydroxylation is 1. The van der Waals surface area contributed by atoms with Gasteiger partial charge >= 0.3 is 5.97 Å². The van der Waals surface area contributed by atoms with Gasteiger partial charge in [-0.25, -0.2) is 4.79 Å². The largest absolute Gasteiger partial charge is 0.478 e. The first-order valence-corrected chi connectivity index (χ1v) is 9.54. The average molecular weight is 364 g/mol. The maximum absolute atomic E-state index is 11.1. The Labute approximate surface area is 162 Å². The Morgan fingerprint density at radius 2 is 1.78 bits per heavy atom. The van der Waals surface area contributed by atoms with Gasteiger partial charge < -0.3 is 10.0 Å².